The molecule has 1 aliphatic carbocycles. The maximum Gasteiger partial charge on any atom is 0.307 e. The summed E-state index contributed by atoms with van der Waals surface area (Å²) in [5.74, 6) is -1.91. The SMILES string of the molecule is O=C(O)[C@H]1CCC[C@H]1C(=O)NCc1ccc(Br)cc1. The Bertz CT molecular complexity index is 472. The van der Waals surface area contributed by atoms with Gasteiger partial charge in [-0.1, -0.05) is 34.5 Å². The van der Waals surface area contributed by atoms with Crippen LogP contribution in [0.15, 0.2) is 28.7 Å². The molecule has 102 valence electrons. The average molecular weight is 326 g/mol. The third kappa shape index (κ3) is 3.56. The summed E-state index contributed by atoms with van der Waals surface area (Å²) in [5.41, 5.74) is 1.00. The summed E-state index contributed by atoms with van der Waals surface area (Å²) in [5, 5.41) is 11.9. The van der Waals surface area contributed by atoms with E-state index in [4.69, 9.17) is 5.11 Å². The lowest BCUT2D eigenvalue weighted by Crippen LogP contribution is -2.34. The van der Waals surface area contributed by atoms with E-state index >= 15 is 0 Å². The number of amides is 1. The van der Waals surface area contributed by atoms with Gasteiger partial charge in [0.1, 0.15) is 0 Å². The zero-order valence-electron chi connectivity index (χ0n) is 10.4. The van der Waals surface area contributed by atoms with Crippen LogP contribution in [0.3, 0.4) is 0 Å². The smallest absolute Gasteiger partial charge is 0.307 e. The van der Waals surface area contributed by atoms with Gasteiger partial charge in [-0.05, 0) is 30.5 Å². The van der Waals surface area contributed by atoms with Crippen molar-refractivity contribution >= 4 is 27.8 Å². The Labute approximate surface area is 120 Å². The maximum absolute atomic E-state index is 12.0. The first kappa shape index (κ1) is 14.1. The van der Waals surface area contributed by atoms with Gasteiger partial charge in [0.25, 0.3) is 0 Å². The maximum atomic E-state index is 12.0. The molecule has 0 radical (unpaired) electrons. The van der Waals surface area contributed by atoms with Crippen molar-refractivity contribution < 1.29 is 14.7 Å². The lowest BCUT2D eigenvalue weighted by Gasteiger charge is -2.15. The first-order valence-corrected chi connectivity index (χ1v) is 7.12. The summed E-state index contributed by atoms with van der Waals surface area (Å²) >= 11 is 3.35. The molecule has 0 aliphatic heterocycles. The fraction of sp³-hybridized carbons (Fsp3) is 0.429. The highest BCUT2D eigenvalue weighted by Gasteiger charge is 2.37. The Morgan fingerprint density at radius 2 is 1.84 bits per heavy atom. The molecule has 0 saturated heterocycles. The summed E-state index contributed by atoms with van der Waals surface area (Å²) in [7, 11) is 0. The Morgan fingerprint density at radius 1 is 1.21 bits per heavy atom. The van der Waals surface area contributed by atoms with Crippen LogP contribution in [0.5, 0.6) is 0 Å². The van der Waals surface area contributed by atoms with E-state index in [0.717, 1.165) is 16.5 Å². The number of halogens is 1. The summed E-state index contributed by atoms with van der Waals surface area (Å²) in [6.07, 6.45) is 2.09. The van der Waals surface area contributed by atoms with E-state index in [9.17, 15) is 9.59 Å². The highest BCUT2D eigenvalue weighted by atomic mass is 79.9. The fourth-order valence-electron chi connectivity index (χ4n) is 2.49. The Kier molecular flexibility index (Phi) is 4.58. The van der Waals surface area contributed by atoms with Crippen LogP contribution in [0, 0.1) is 11.8 Å². The van der Waals surface area contributed by atoms with E-state index in [1.807, 2.05) is 24.3 Å². The minimum Gasteiger partial charge on any atom is -0.481 e. The molecule has 2 atom stereocenters. The van der Waals surface area contributed by atoms with Gasteiger partial charge in [-0.3, -0.25) is 9.59 Å². The van der Waals surface area contributed by atoms with Gasteiger partial charge in [-0.2, -0.15) is 0 Å². The standard InChI is InChI=1S/C14H16BrNO3/c15-10-6-4-9(5-7-10)8-16-13(17)11-2-1-3-12(11)14(18)19/h4-7,11-12H,1-3,8H2,(H,16,17)(H,18,19)/t11-,12+/m1/s1. The molecule has 0 spiro atoms. The van der Waals surface area contributed by atoms with Crippen molar-refractivity contribution in [2.45, 2.75) is 25.8 Å². The van der Waals surface area contributed by atoms with Crippen molar-refractivity contribution in [2.24, 2.45) is 11.8 Å². The van der Waals surface area contributed by atoms with Gasteiger partial charge >= 0.3 is 5.97 Å². The molecule has 2 rings (SSSR count). The molecule has 0 aromatic heterocycles. The van der Waals surface area contributed by atoms with Crippen molar-refractivity contribution in [1.29, 1.82) is 0 Å². The summed E-state index contributed by atoms with van der Waals surface area (Å²) in [6, 6.07) is 7.68. The lowest BCUT2D eigenvalue weighted by atomic mass is 9.95. The van der Waals surface area contributed by atoms with Crippen molar-refractivity contribution in [3.63, 3.8) is 0 Å². The van der Waals surface area contributed by atoms with Gasteiger partial charge in [0.2, 0.25) is 5.91 Å². The zero-order chi connectivity index (χ0) is 13.8. The van der Waals surface area contributed by atoms with E-state index in [1.165, 1.54) is 0 Å². The first-order chi connectivity index (χ1) is 9.08. The van der Waals surface area contributed by atoms with Crippen LogP contribution in [0.1, 0.15) is 24.8 Å². The Balaban J connectivity index is 1.90. The number of carboxylic acids is 1. The van der Waals surface area contributed by atoms with Crippen molar-refractivity contribution in [1.82, 2.24) is 5.32 Å². The lowest BCUT2D eigenvalue weighted by molar-refractivity contribution is -0.146. The van der Waals surface area contributed by atoms with Crippen molar-refractivity contribution in [3.05, 3.63) is 34.3 Å². The number of carbonyl (C=O) groups is 2. The molecule has 19 heavy (non-hydrogen) atoms. The van der Waals surface area contributed by atoms with E-state index in [0.29, 0.717) is 19.4 Å². The number of rotatable bonds is 4. The monoisotopic (exact) mass is 325 g/mol. The number of nitrogens with one attached hydrogen (secondary N) is 1. The average Bonchev–Trinajstić information content (AvgIpc) is 2.87. The highest BCUT2D eigenvalue weighted by Crippen LogP contribution is 2.32. The van der Waals surface area contributed by atoms with Crippen LogP contribution in [0.4, 0.5) is 0 Å². The second-order valence-corrected chi connectivity index (χ2v) is 5.74. The molecule has 0 heterocycles. The van der Waals surface area contributed by atoms with Gasteiger partial charge < -0.3 is 10.4 Å². The number of hydrogen-bond acceptors (Lipinski definition) is 2. The molecular formula is C14H16BrNO3. The number of carboxylic acid groups (broad SMARTS) is 1. The largest absolute Gasteiger partial charge is 0.481 e. The molecule has 1 saturated carbocycles. The molecule has 4 nitrogen and oxygen atoms in total. The van der Waals surface area contributed by atoms with E-state index < -0.39 is 11.9 Å². The Hall–Kier alpha value is -1.36. The first-order valence-electron chi connectivity index (χ1n) is 6.33. The van der Waals surface area contributed by atoms with Crippen LogP contribution < -0.4 is 5.32 Å². The third-order valence-corrected chi connectivity index (χ3v) is 4.08. The van der Waals surface area contributed by atoms with Gasteiger partial charge in [-0.15, -0.1) is 0 Å². The molecule has 1 aliphatic rings. The quantitative estimate of drug-likeness (QED) is 0.894. The summed E-state index contributed by atoms with van der Waals surface area (Å²) in [4.78, 5) is 23.1. The van der Waals surface area contributed by atoms with Gasteiger partial charge in [0, 0.05) is 11.0 Å². The molecule has 2 N–H and O–H groups in total. The highest BCUT2D eigenvalue weighted by molar-refractivity contribution is 9.10. The second-order valence-electron chi connectivity index (χ2n) is 4.83. The number of benzene rings is 1. The van der Waals surface area contributed by atoms with Crippen LogP contribution >= 0.6 is 15.9 Å². The molecule has 1 aromatic carbocycles. The minimum absolute atomic E-state index is 0.146. The molecule has 1 aromatic rings. The van der Waals surface area contributed by atoms with E-state index in [2.05, 4.69) is 21.2 Å². The minimum atomic E-state index is -0.860. The molecule has 1 amide bonds. The van der Waals surface area contributed by atoms with Crippen molar-refractivity contribution in [2.75, 3.05) is 0 Å². The topological polar surface area (TPSA) is 66.4 Å². The summed E-state index contributed by atoms with van der Waals surface area (Å²) in [6.45, 7) is 0.439. The second kappa shape index (κ2) is 6.19. The molecular weight excluding hydrogens is 310 g/mol. The fourth-order valence-corrected chi connectivity index (χ4v) is 2.76. The predicted molar refractivity (Wildman–Crippen MR) is 74.5 cm³/mol. The summed E-state index contributed by atoms with van der Waals surface area (Å²) < 4.78 is 0.990. The van der Waals surface area contributed by atoms with E-state index in [1.54, 1.807) is 0 Å². The molecule has 0 unspecified atom stereocenters. The number of hydrogen-bond donors (Lipinski definition) is 2. The van der Waals surface area contributed by atoms with Crippen LogP contribution in [0.25, 0.3) is 0 Å². The van der Waals surface area contributed by atoms with Crippen LogP contribution in [-0.4, -0.2) is 17.0 Å². The van der Waals surface area contributed by atoms with Gasteiger partial charge in [0.15, 0.2) is 0 Å². The van der Waals surface area contributed by atoms with Crippen LogP contribution in [-0.2, 0) is 16.1 Å². The number of carbonyl (C=O) groups excluding carboxylic acids is 1. The van der Waals surface area contributed by atoms with Gasteiger partial charge in [-0.25, -0.2) is 0 Å². The molecule has 1 fully saturated rings. The van der Waals surface area contributed by atoms with Crippen LogP contribution in [0.2, 0.25) is 0 Å². The molecule has 0 bridgehead atoms. The zero-order valence-corrected chi connectivity index (χ0v) is 12.0. The predicted octanol–water partition coefficient (Wildman–Crippen LogP) is 2.57. The van der Waals surface area contributed by atoms with Gasteiger partial charge in [0.05, 0.1) is 11.8 Å². The number of aliphatic carboxylic acids is 1. The Morgan fingerprint density at radius 3 is 2.47 bits per heavy atom. The van der Waals surface area contributed by atoms with E-state index in [-0.39, 0.29) is 11.8 Å². The molecule has 5 heteroatoms. The van der Waals surface area contributed by atoms with Crippen molar-refractivity contribution in [3.8, 4) is 0 Å². The third-order valence-electron chi connectivity index (χ3n) is 3.55. The normalized spacial score (nSPS) is 22.2.